The quantitative estimate of drug-likeness (QED) is 0.744. The summed E-state index contributed by atoms with van der Waals surface area (Å²) in [5.41, 5.74) is 3.02. The lowest BCUT2D eigenvalue weighted by atomic mass is 10.1. The van der Waals surface area contributed by atoms with Gasteiger partial charge in [-0.2, -0.15) is 5.10 Å². The fraction of sp³-hybridized carbons (Fsp3) is 0.250. The van der Waals surface area contributed by atoms with Gasteiger partial charge in [0.05, 0.1) is 27.0 Å². The van der Waals surface area contributed by atoms with E-state index in [1.165, 1.54) is 6.07 Å². The van der Waals surface area contributed by atoms with Gasteiger partial charge in [-0.05, 0) is 30.7 Å². The summed E-state index contributed by atoms with van der Waals surface area (Å²) in [5, 5.41) is 8.01. The van der Waals surface area contributed by atoms with Crippen LogP contribution in [0.4, 0.5) is 10.2 Å². The zero-order valence-electron chi connectivity index (χ0n) is 15.4. The minimum atomic E-state index is -0.326. The van der Waals surface area contributed by atoms with Crippen LogP contribution in [0.25, 0.3) is 16.9 Å². The van der Waals surface area contributed by atoms with Crippen molar-refractivity contribution < 1.29 is 18.6 Å². The third-order valence-corrected chi connectivity index (χ3v) is 4.67. The SMILES string of the molecule is COc1cc(-c2nn(-c3ccccc3F)c3c2CCN3)cc(OC)c1OC. The number of nitrogens with zero attached hydrogens (tertiary/aromatic N) is 2. The fourth-order valence-electron chi connectivity index (χ4n) is 3.42. The number of halogens is 1. The van der Waals surface area contributed by atoms with Crippen molar-refractivity contribution in [3.63, 3.8) is 0 Å². The van der Waals surface area contributed by atoms with Gasteiger partial charge in [0.15, 0.2) is 11.5 Å². The molecule has 2 aromatic carbocycles. The number of ether oxygens (including phenoxy) is 3. The van der Waals surface area contributed by atoms with E-state index in [-0.39, 0.29) is 5.82 Å². The van der Waals surface area contributed by atoms with Crippen LogP contribution in [0.3, 0.4) is 0 Å². The number of para-hydroxylation sites is 1. The van der Waals surface area contributed by atoms with Crippen molar-refractivity contribution in [2.24, 2.45) is 0 Å². The van der Waals surface area contributed by atoms with E-state index in [0.717, 1.165) is 35.6 Å². The Morgan fingerprint density at radius 3 is 2.37 bits per heavy atom. The van der Waals surface area contributed by atoms with Gasteiger partial charge in [-0.1, -0.05) is 12.1 Å². The molecule has 3 aromatic rings. The molecule has 0 saturated heterocycles. The minimum absolute atomic E-state index is 0.326. The average Bonchev–Trinajstić information content (AvgIpc) is 3.30. The maximum absolute atomic E-state index is 14.3. The summed E-state index contributed by atoms with van der Waals surface area (Å²) in [6.07, 6.45) is 0.801. The van der Waals surface area contributed by atoms with Crippen molar-refractivity contribution in [1.29, 1.82) is 0 Å². The van der Waals surface area contributed by atoms with Gasteiger partial charge in [0.2, 0.25) is 5.75 Å². The molecule has 0 unspecified atom stereocenters. The van der Waals surface area contributed by atoms with Gasteiger partial charge in [-0.15, -0.1) is 0 Å². The molecule has 0 bridgehead atoms. The molecule has 2 heterocycles. The van der Waals surface area contributed by atoms with Crippen LogP contribution in [0.5, 0.6) is 17.2 Å². The Kier molecular flexibility index (Phi) is 4.35. The number of methoxy groups -OCH3 is 3. The first-order valence-electron chi connectivity index (χ1n) is 8.59. The van der Waals surface area contributed by atoms with E-state index in [4.69, 9.17) is 19.3 Å². The number of anilines is 1. The van der Waals surface area contributed by atoms with Crippen molar-refractivity contribution in [3.8, 4) is 34.2 Å². The van der Waals surface area contributed by atoms with Crippen molar-refractivity contribution in [3.05, 3.63) is 47.8 Å². The van der Waals surface area contributed by atoms with E-state index in [1.54, 1.807) is 44.2 Å². The Hall–Kier alpha value is -3.22. The van der Waals surface area contributed by atoms with Crippen LogP contribution in [0.2, 0.25) is 0 Å². The summed E-state index contributed by atoms with van der Waals surface area (Å²) < 4.78 is 32.3. The van der Waals surface area contributed by atoms with Crippen molar-refractivity contribution in [2.45, 2.75) is 6.42 Å². The van der Waals surface area contributed by atoms with Crippen LogP contribution in [0, 0.1) is 5.82 Å². The highest BCUT2D eigenvalue weighted by atomic mass is 19.1. The summed E-state index contributed by atoms with van der Waals surface area (Å²) >= 11 is 0. The second-order valence-corrected chi connectivity index (χ2v) is 6.13. The van der Waals surface area contributed by atoms with Crippen LogP contribution >= 0.6 is 0 Å². The molecule has 1 N–H and O–H groups in total. The zero-order valence-corrected chi connectivity index (χ0v) is 15.4. The number of aromatic nitrogens is 2. The van der Waals surface area contributed by atoms with Gasteiger partial charge < -0.3 is 19.5 Å². The Labute approximate surface area is 156 Å². The first-order chi connectivity index (χ1) is 13.2. The molecule has 0 aliphatic carbocycles. The molecule has 0 spiro atoms. The molecule has 0 radical (unpaired) electrons. The molecule has 7 heteroatoms. The molecule has 4 rings (SSSR count). The number of nitrogens with one attached hydrogen (secondary N) is 1. The lowest BCUT2D eigenvalue weighted by molar-refractivity contribution is 0.324. The highest BCUT2D eigenvalue weighted by Crippen LogP contribution is 2.43. The average molecular weight is 369 g/mol. The molecule has 1 aliphatic rings. The number of benzene rings is 2. The number of rotatable bonds is 5. The maximum atomic E-state index is 14.3. The van der Waals surface area contributed by atoms with E-state index in [1.807, 2.05) is 12.1 Å². The molecule has 0 fully saturated rings. The zero-order chi connectivity index (χ0) is 19.0. The van der Waals surface area contributed by atoms with Gasteiger partial charge in [0.1, 0.15) is 17.3 Å². The fourth-order valence-corrected chi connectivity index (χ4v) is 3.42. The largest absolute Gasteiger partial charge is 0.493 e. The van der Waals surface area contributed by atoms with E-state index in [9.17, 15) is 4.39 Å². The molecule has 0 atom stereocenters. The molecule has 140 valence electrons. The van der Waals surface area contributed by atoms with Crippen molar-refractivity contribution in [2.75, 3.05) is 33.2 Å². The van der Waals surface area contributed by atoms with Gasteiger partial charge >= 0.3 is 0 Å². The Morgan fingerprint density at radius 2 is 1.74 bits per heavy atom. The second-order valence-electron chi connectivity index (χ2n) is 6.13. The summed E-state index contributed by atoms with van der Waals surface area (Å²) in [6, 6.07) is 10.3. The normalized spacial score (nSPS) is 12.4. The third-order valence-electron chi connectivity index (χ3n) is 4.67. The number of hydrogen-bond donors (Lipinski definition) is 1. The Bertz CT molecular complexity index is 975. The minimum Gasteiger partial charge on any atom is -0.493 e. The molecule has 0 saturated carbocycles. The molecule has 1 aliphatic heterocycles. The van der Waals surface area contributed by atoms with Crippen molar-refractivity contribution in [1.82, 2.24) is 9.78 Å². The summed E-state index contributed by atoms with van der Waals surface area (Å²) in [7, 11) is 4.71. The molecular formula is C20H20FN3O3. The Morgan fingerprint density at radius 1 is 1.04 bits per heavy atom. The third kappa shape index (κ3) is 2.75. The van der Waals surface area contributed by atoms with Crippen LogP contribution in [-0.4, -0.2) is 37.7 Å². The maximum Gasteiger partial charge on any atom is 0.203 e. The van der Waals surface area contributed by atoms with E-state index >= 15 is 0 Å². The second kappa shape index (κ2) is 6.83. The highest BCUT2D eigenvalue weighted by Gasteiger charge is 2.26. The molecule has 27 heavy (non-hydrogen) atoms. The summed E-state index contributed by atoms with van der Waals surface area (Å²) in [5.74, 6) is 2.10. The smallest absolute Gasteiger partial charge is 0.203 e. The van der Waals surface area contributed by atoms with Crippen LogP contribution in [0.15, 0.2) is 36.4 Å². The van der Waals surface area contributed by atoms with E-state index in [2.05, 4.69) is 5.32 Å². The van der Waals surface area contributed by atoms with Crippen LogP contribution in [-0.2, 0) is 6.42 Å². The van der Waals surface area contributed by atoms with Crippen LogP contribution < -0.4 is 19.5 Å². The predicted octanol–water partition coefficient (Wildman–Crippen LogP) is 3.67. The molecule has 0 amide bonds. The van der Waals surface area contributed by atoms with Gasteiger partial charge in [0.25, 0.3) is 0 Å². The first-order valence-corrected chi connectivity index (χ1v) is 8.59. The van der Waals surface area contributed by atoms with Gasteiger partial charge in [0, 0.05) is 17.7 Å². The predicted molar refractivity (Wildman–Crippen MR) is 101 cm³/mol. The number of hydrogen-bond acceptors (Lipinski definition) is 5. The number of fused-ring (bicyclic) bond motifs is 1. The molecular weight excluding hydrogens is 349 g/mol. The van der Waals surface area contributed by atoms with E-state index in [0.29, 0.717) is 22.9 Å². The standard InChI is InChI=1S/C20H20FN3O3/c1-25-16-10-12(11-17(26-2)19(16)27-3)18-13-8-9-22-20(13)24(23-18)15-7-5-4-6-14(15)21/h4-7,10-11,22H,8-9H2,1-3H3. The first kappa shape index (κ1) is 17.2. The Balaban J connectivity index is 1.91. The highest BCUT2D eigenvalue weighted by molar-refractivity contribution is 5.76. The van der Waals surface area contributed by atoms with Crippen molar-refractivity contribution >= 4 is 5.82 Å². The lowest BCUT2D eigenvalue weighted by Crippen LogP contribution is -2.06. The molecule has 6 nitrogen and oxygen atoms in total. The van der Waals surface area contributed by atoms with Gasteiger partial charge in [-0.3, -0.25) is 0 Å². The summed E-state index contributed by atoms with van der Waals surface area (Å²) in [6.45, 7) is 0.777. The lowest BCUT2D eigenvalue weighted by Gasteiger charge is -2.13. The van der Waals surface area contributed by atoms with E-state index < -0.39 is 0 Å². The monoisotopic (exact) mass is 369 g/mol. The van der Waals surface area contributed by atoms with Gasteiger partial charge in [-0.25, -0.2) is 9.07 Å². The molecule has 1 aromatic heterocycles. The topological polar surface area (TPSA) is 57.5 Å². The summed E-state index contributed by atoms with van der Waals surface area (Å²) in [4.78, 5) is 0. The van der Waals surface area contributed by atoms with Crippen LogP contribution in [0.1, 0.15) is 5.56 Å².